The molecule has 9 nitrogen and oxygen atoms in total. The highest BCUT2D eigenvalue weighted by molar-refractivity contribution is 7.98. The average Bonchev–Trinajstić information content (AvgIpc) is 3.19. The van der Waals surface area contributed by atoms with Gasteiger partial charge in [-0.3, -0.25) is 4.57 Å². The fraction of sp³-hybridized carbons (Fsp3) is 0.320. The average molecular weight is 529 g/mol. The van der Waals surface area contributed by atoms with Crippen molar-refractivity contribution in [3.05, 3.63) is 59.9 Å². The number of carbonyl (C=O) groups excluding carboxylic acids is 1. The fourth-order valence-electron chi connectivity index (χ4n) is 3.63. The molecule has 0 radical (unpaired) electrons. The van der Waals surface area contributed by atoms with Gasteiger partial charge in [-0.1, -0.05) is 55.8 Å². The molecule has 0 aliphatic carbocycles. The molecule has 0 aliphatic heterocycles. The van der Waals surface area contributed by atoms with Gasteiger partial charge < -0.3 is 9.47 Å². The third kappa shape index (κ3) is 6.38. The maximum atomic E-state index is 12.5. The Hall–Kier alpha value is -3.49. The fourth-order valence-corrected chi connectivity index (χ4v) is 5.12. The quantitative estimate of drug-likeness (QED) is 0.160. The number of hydrogen-bond donors (Lipinski definition) is 1. The molecule has 0 bridgehead atoms. The largest absolute Gasteiger partial charge is 0.515 e. The first kappa shape index (κ1) is 27.1. The van der Waals surface area contributed by atoms with Crippen LogP contribution in [0.4, 0.5) is 4.79 Å². The van der Waals surface area contributed by atoms with Gasteiger partial charge in [0.15, 0.2) is 11.2 Å². The van der Waals surface area contributed by atoms with Crippen molar-refractivity contribution in [2.24, 2.45) is 0 Å². The summed E-state index contributed by atoms with van der Waals surface area (Å²) in [5.41, 5.74) is 2.07. The van der Waals surface area contributed by atoms with Gasteiger partial charge in [-0.2, -0.15) is 5.26 Å². The summed E-state index contributed by atoms with van der Waals surface area (Å²) in [4.78, 5) is 16.8. The minimum Gasteiger partial charge on any atom is -0.434 e. The zero-order chi connectivity index (χ0) is 26.1. The van der Waals surface area contributed by atoms with E-state index in [1.54, 1.807) is 25.1 Å². The second-order valence-corrected chi connectivity index (χ2v) is 10.2. The topological polar surface area (TPSA) is 123 Å². The van der Waals surface area contributed by atoms with Crippen molar-refractivity contribution in [1.82, 2.24) is 14.3 Å². The van der Waals surface area contributed by atoms with Crippen LogP contribution in [-0.4, -0.2) is 37.0 Å². The maximum absolute atomic E-state index is 12.5. The lowest BCUT2D eigenvalue weighted by Gasteiger charge is -2.13. The van der Waals surface area contributed by atoms with Crippen LogP contribution in [0, 0.1) is 11.5 Å². The van der Waals surface area contributed by atoms with E-state index in [4.69, 9.17) is 14.7 Å². The summed E-state index contributed by atoms with van der Waals surface area (Å²) in [5.74, 6) is 1.15. The summed E-state index contributed by atoms with van der Waals surface area (Å²) < 4.78 is 39.2. The van der Waals surface area contributed by atoms with Gasteiger partial charge in [-0.05, 0) is 36.8 Å². The molecule has 0 saturated carbocycles. The number of carbonyl (C=O) groups is 1. The van der Waals surface area contributed by atoms with Gasteiger partial charge in [0.2, 0.25) is 5.88 Å². The van der Waals surface area contributed by atoms with E-state index in [1.807, 2.05) is 39.8 Å². The second kappa shape index (κ2) is 12.5. The lowest BCUT2D eigenvalue weighted by molar-refractivity contribution is 0.0998. The number of nitriles is 1. The van der Waals surface area contributed by atoms with E-state index in [9.17, 15) is 13.2 Å². The van der Waals surface area contributed by atoms with Gasteiger partial charge in [0.25, 0.3) is 10.0 Å². The van der Waals surface area contributed by atoms with Crippen molar-refractivity contribution in [2.45, 2.75) is 49.6 Å². The molecule has 0 amide bonds. The van der Waals surface area contributed by atoms with Crippen LogP contribution in [0.5, 0.6) is 5.88 Å². The van der Waals surface area contributed by atoms with Crippen LogP contribution in [0.25, 0.3) is 11.1 Å². The molecular weight excluding hydrogens is 500 g/mol. The number of ether oxygens (including phenoxy) is 2. The van der Waals surface area contributed by atoms with Crippen LogP contribution in [0.15, 0.2) is 58.5 Å². The van der Waals surface area contributed by atoms with E-state index in [0.29, 0.717) is 28.6 Å². The zero-order valence-corrected chi connectivity index (χ0v) is 22.0. The molecule has 1 heterocycles. The molecule has 190 valence electrons. The van der Waals surface area contributed by atoms with E-state index in [1.165, 1.54) is 24.0 Å². The van der Waals surface area contributed by atoms with Gasteiger partial charge in [0, 0.05) is 12.0 Å². The number of thioether (sulfide) groups is 1. The number of aryl methyl sites for hydroxylation is 1. The normalized spacial score (nSPS) is 11.1. The second-order valence-electron chi connectivity index (χ2n) is 7.73. The molecular formula is C25H28N4O5S2. The van der Waals surface area contributed by atoms with Gasteiger partial charge in [0.05, 0.1) is 18.0 Å². The third-order valence-electron chi connectivity index (χ3n) is 5.32. The van der Waals surface area contributed by atoms with E-state index in [-0.39, 0.29) is 11.5 Å². The number of sulfonamides is 1. The first-order chi connectivity index (χ1) is 17.3. The number of nitrogens with zero attached hydrogens (tertiary/aromatic N) is 3. The van der Waals surface area contributed by atoms with E-state index in [2.05, 4.69) is 11.9 Å². The molecule has 0 unspecified atom stereocenters. The first-order valence-electron chi connectivity index (χ1n) is 11.4. The van der Waals surface area contributed by atoms with Gasteiger partial charge >= 0.3 is 6.16 Å². The van der Waals surface area contributed by atoms with Gasteiger partial charge in [-0.25, -0.2) is 22.9 Å². The number of unbranched alkanes of at least 4 members (excludes halogenated alkanes) is 1. The highest BCUT2D eigenvalue weighted by Gasteiger charge is 2.22. The molecule has 3 rings (SSSR count). The summed E-state index contributed by atoms with van der Waals surface area (Å²) in [6, 6.07) is 13.9. The van der Waals surface area contributed by atoms with Gasteiger partial charge in [-0.15, -0.1) is 11.8 Å². The van der Waals surface area contributed by atoms with Crippen molar-refractivity contribution in [3.8, 4) is 23.2 Å². The Bertz CT molecular complexity index is 1350. The third-order valence-corrected chi connectivity index (χ3v) is 7.27. The standard InChI is InChI=1S/C25H28N4O5S2/c1-4-6-11-22-28-23(35-3)24(34-25(30)33-5-2)29(22)16-18-12-14-19(15-13-18)20-9-7-8-10-21(20)36(31,32)27-17-26/h7-10,12-15,27H,4-6,11,16H2,1-3H3. The number of benzene rings is 2. The summed E-state index contributed by atoms with van der Waals surface area (Å²) in [6.07, 6.45) is 5.23. The molecule has 0 spiro atoms. The molecule has 3 aromatic rings. The molecule has 0 atom stereocenters. The van der Waals surface area contributed by atoms with Gasteiger partial charge in [0.1, 0.15) is 5.82 Å². The van der Waals surface area contributed by atoms with E-state index < -0.39 is 16.2 Å². The highest BCUT2D eigenvalue weighted by Crippen LogP contribution is 2.32. The van der Waals surface area contributed by atoms with Crippen LogP contribution in [0.3, 0.4) is 0 Å². The summed E-state index contributed by atoms with van der Waals surface area (Å²) in [5, 5.41) is 9.42. The van der Waals surface area contributed by atoms with E-state index >= 15 is 0 Å². The Labute approximate surface area is 215 Å². The zero-order valence-electron chi connectivity index (χ0n) is 20.4. The Morgan fingerprint density at radius 3 is 2.53 bits per heavy atom. The first-order valence-corrected chi connectivity index (χ1v) is 14.1. The predicted octanol–water partition coefficient (Wildman–Crippen LogP) is 4.96. The molecule has 0 fully saturated rings. The number of hydrogen-bond acceptors (Lipinski definition) is 8. The lowest BCUT2D eigenvalue weighted by Crippen LogP contribution is -2.18. The predicted molar refractivity (Wildman–Crippen MR) is 137 cm³/mol. The number of rotatable bonds is 11. The van der Waals surface area contributed by atoms with Crippen LogP contribution in [0.1, 0.15) is 38.1 Å². The summed E-state index contributed by atoms with van der Waals surface area (Å²) in [7, 11) is -3.97. The van der Waals surface area contributed by atoms with Crippen molar-refractivity contribution >= 4 is 27.9 Å². The Kier molecular flexibility index (Phi) is 9.38. The van der Waals surface area contributed by atoms with Crippen LogP contribution in [0.2, 0.25) is 0 Å². The molecule has 0 saturated heterocycles. The van der Waals surface area contributed by atoms with Crippen molar-refractivity contribution in [1.29, 1.82) is 5.26 Å². The SMILES string of the molecule is CCCCc1nc(SC)c(OC(=O)OCC)n1Cc1ccc(-c2ccccc2S(=O)(=O)NC#N)cc1. The molecule has 2 aromatic carbocycles. The number of aromatic nitrogens is 2. The summed E-state index contributed by atoms with van der Waals surface area (Å²) >= 11 is 1.39. The molecule has 0 aliphatic rings. The summed E-state index contributed by atoms with van der Waals surface area (Å²) in [6.45, 7) is 4.41. The molecule has 1 N–H and O–H groups in total. The molecule has 11 heteroatoms. The monoisotopic (exact) mass is 528 g/mol. The number of nitrogens with one attached hydrogen (secondary N) is 1. The Morgan fingerprint density at radius 1 is 1.17 bits per heavy atom. The minimum absolute atomic E-state index is 0.0190. The highest BCUT2D eigenvalue weighted by atomic mass is 32.2. The Morgan fingerprint density at radius 2 is 1.89 bits per heavy atom. The molecule has 1 aromatic heterocycles. The van der Waals surface area contributed by atoms with Crippen LogP contribution in [-0.2, 0) is 27.7 Å². The van der Waals surface area contributed by atoms with Crippen molar-refractivity contribution in [2.75, 3.05) is 12.9 Å². The number of imidazole rings is 1. The maximum Gasteiger partial charge on any atom is 0.515 e. The van der Waals surface area contributed by atoms with Crippen molar-refractivity contribution < 1.29 is 22.7 Å². The Balaban J connectivity index is 1.96. The van der Waals surface area contributed by atoms with E-state index in [0.717, 1.165) is 30.7 Å². The van der Waals surface area contributed by atoms with Crippen LogP contribution < -0.4 is 9.46 Å². The minimum atomic E-state index is -3.97. The molecule has 36 heavy (non-hydrogen) atoms. The lowest BCUT2D eigenvalue weighted by atomic mass is 10.0. The van der Waals surface area contributed by atoms with Crippen LogP contribution >= 0.6 is 11.8 Å². The van der Waals surface area contributed by atoms with Crippen molar-refractivity contribution in [3.63, 3.8) is 0 Å². The smallest absolute Gasteiger partial charge is 0.434 e.